The largest absolute Gasteiger partial charge is 0.369 e. The maximum absolute atomic E-state index is 12.8. The molecule has 0 spiro atoms. The van der Waals surface area contributed by atoms with Crippen molar-refractivity contribution in [3.05, 3.63) is 24.3 Å². The topological polar surface area (TPSA) is 55.9 Å². The maximum atomic E-state index is 12.8. The second-order valence-corrected chi connectivity index (χ2v) is 7.95. The molecule has 1 saturated carbocycles. The van der Waals surface area contributed by atoms with Gasteiger partial charge in [-0.1, -0.05) is 13.3 Å². The number of hydrogen-bond acceptors (Lipinski definition) is 4. The second-order valence-electron chi connectivity index (χ2n) is 7.95. The molecule has 1 N–H and O–H groups in total. The second kappa shape index (κ2) is 8.30. The number of rotatable bonds is 7. The molecule has 0 aromatic heterocycles. The summed E-state index contributed by atoms with van der Waals surface area (Å²) < 4.78 is 0. The molecule has 1 aliphatic carbocycles. The number of unbranched alkanes of at least 4 members (excludes halogenated alkanes) is 1. The van der Waals surface area contributed by atoms with E-state index in [9.17, 15) is 9.59 Å². The lowest BCUT2D eigenvalue weighted by Crippen LogP contribution is -2.44. The van der Waals surface area contributed by atoms with Crippen LogP contribution >= 0.6 is 0 Å². The summed E-state index contributed by atoms with van der Waals surface area (Å²) in [5.74, 6) is -0.203. The Labute approximate surface area is 162 Å². The Balaban J connectivity index is 1.58. The van der Waals surface area contributed by atoms with Gasteiger partial charge in [0.15, 0.2) is 0 Å². The van der Waals surface area contributed by atoms with Crippen molar-refractivity contribution < 1.29 is 9.59 Å². The molecule has 2 fully saturated rings. The molecule has 0 atom stereocenters. The van der Waals surface area contributed by atoms with Gasteiger partial charge in [-0.05, 0) is 50.6 Å². The van der Waals surface area contributed by atoms with Crippen LogP contribution in [0.3, 0.4) is 0 Å². The number of amides is 2. The van der Waals surface area contributed by atoms with Crippen LogP contribution in [0.5, 0.6) is 0 Å². The van der Waals surface area contributed by atoms with E-state index in [0.717, 1.165) is 44.7 Å². The molecule has 148 valence electrons. The van der Waals surface area contributed by atoms with Gasteiger partial charge in [0.2, 0.25) is 11.8 Å². The quantitative estimate of drug-likeness (QED) is 0.747. The van der Waals surface area contributed by atoms with E-state index in [1.807, 2.05) is 12.1 Å². The first-order valence-corrected chi connectivity index (χ1v) is 10.1. The Morgan fingerprint density at radius 1 is 1.11 bits per heavy atom. The fourth-order valence-electron chi connectivity index (χ4n) is 3.60. The van der Waals surface area contributed by atoms with Gasteiger partial charge in [-0.2, -0.15) is 0 Å². The SMILES string of the molecule is CCCCN(C)C(=O)C1(C(=O)Nc2ccc(N3CCN(C)CC3)cc2)CC1. The van der Waals surface area contributed by atoms with Crippen LogP contribution in [-0.2, 0) is 9.59 Å². The van der Waals surface area contributed by atoms with Gasteiger partial charge in [-0.25, -0.2) is 0 Å². The van der Waals surface area contributed by atoms with E-state index in [1.54, 1.807) is 11.9 Å². The van der Waals surface area contributed by atoms with Crippen LogP contribution in [0.2, 0.25) is 0 Å². The van der Waals surface area contributed by atoms with Crippen LogP contribution in [0, 0.1) is 5.41 Å². The van der Waals surface area contributed by atoms with Crippen LogP contribution in [0.25, 0.3) is 0 Å². The van der Waals surface area contributed by atoms with Gasteiger partial charge in [0, 0.05) is 51.1 Å². The minimum atomic E-state index is -0.849. The Hall–Kier alpha value is -2.08. The molecule has 1 saturated heterocycles. The van der Waals surface area contributed by atoms with E-state index < -0.39 is 5.41 Å². The number of nitrogens with one attached hydrogen (secondary N) is 1. The van der Waals surface area contributed by atoms with Crippen molar-refractivity contribution in [3.63, 3.8) is 0 Å². The number of benzene rings is 1. The monoisotopic (exact) mass is 372 g/mol. The Morgan fingerprint density at radius 3 is 2.30 bits per heavy atom. The van der Waals surface area contributed by atoms with Gasteiger partial charge in [0.25, 0.3) is 0 Å². The summed E-state index contributed by atoms with van der Waals surface area (Å²) >= 11 is 0. The van der Waals surface area contributed by atoms with Crippen molar-refractivity contribution in [1.29, 1.82) is 0 Å². The Kier molecular flexibility index (Phi) is 6.05. The fraction of sp³-hybridized carbons (Fsp3) is 0.619. The number of carbonyl (C=O) groups excluding carboxylic acids is 2. The average molecular weight is 373 g/mol. The van der Waals surface area contributed by atoms with Crippen LogP contribution in [0.4, 0.5) is 11.4 Å². The van der Waals surface area contributed by atoms with Gasteiger partial charge in [0.05, 0.1) is 0 Å². The van der Waals surface area contributed by atoms with Crippen molar-refractivity contribution in [2.45, 2.75) is 32.6 Å². The highest BCUT2D eigenvalue weighted by Crippen LogP contribution is 2.48. The minimum Gasteiger partial charge on any atom is -0.369 e. The van der Waals surface area contributed by atoms with Crippen molar-refractivity contribution in [2.24, 2.45) is 5.41 Å². The number of likely N-dealkylation sites (N-methyl/N-ethyl adjacent to an activating group) is 1. The highest BCUT2D eigenvalue weighted by Gasteiger charge is 2.57. The summed E-state index contributed by atoms with van der Waals surface area (Å²) in [5.41, 5.74) is 1.09. The Bertz CT molecular complexity index is 661. The number of anilines is 2. The van der Waals surface area contributed by atoms with E-state index in [-0.39, 0.29) is 11.8 Å². The third-order valence-electron chi connectivity index (χ3n) is 5.78. The van der Waals surface area contributed by atoms with E-state index in [1.165, 1.54) is 5.69 Å². The number of nitrogens with zero attached hydrogens (tertiary/aromatic N) is 3. The average Bonchev–Trinajstić information content (AvgIpc) is 3.49. The standard InChI is InChI=1S/C21H32N4O2/c1-4-5-12-24(3)20(27)21(10-11-21)19(26)22-17-6-8-18(9-7-17)25-15-13-23(2)14-16-25/h6-9H,4-5,10-16H2,1-3H3,(H,22,26). The summed E-state index contributed by atoms with van der Waals surface area (Å²) in [4.78, 5) is 31.9. The molecule has 0 radical (unpaired) electrons. The number of hydrogen-bond donors (Lipinski definition) is 1. The first-order valence-electron chi connectivity index (χ1n) is 10.1. The Morgan fingerprint density at radius 2 is 1.74 bits per heavy atom. The summed E-state index contributed by atoms with van der Waals surface area (Å²) in [6.45, 7) is 6.98. The molecule has 0 bridgehead atoms. The van der Waals surface area contributed by atoms with Crippen molar-refractivity contribution in [1.82, 2.24) is 9.80 Å². The zero-order chi connectivity index (χ0) is 19.4. The first kappa shape index (κ1) is 19.7. The lowest BCUT2D eigenvalue weighted by atomic mass is 10.0. The predicted octanol–water partition coefficient (Wildman–Crippen LogP) is 2.42. The summed E-state index contributed by atoms with van der Waals surface area (Å²) in [6, 6.07) is 7.98. The molecular weight excluding hydrogens is 340 g/mol. The molecule has 6 heteroatoms. The minimum absolute atomic E-state index is 0.0393. The zero-order valence-electron chi connectivity index (χ0n) is 16.8. The van der Waals surface area contributed by atoms with Crippen molar-refractivity contribution in [2.75, 3.05) is 57.0 Å². The lowest BCUT2D eigenvalue weighted by Gasteiger charge is -2.34. The molecule has 1 aliphatic heterocycles. The van der Waals surface area contributed by atoms with E-state index >= 15 is 0 Å². The smallest absolute Gasteiger partial charge is 0.240 e. The van der Waals surface area contributed by atoms with Crippen LogP contribution in [0.1, 0.15) is 32.6 Å². The highest BCUT2D eigenvalue weighted by molar-refractivity contribution is 6.13. The predicted molar refractivity (Wildman–Crippen MR) is 109 cm³/mol. The fourth-order valence-corrected chi connectivity index (χ4v) is 3.60. The highest BCUT2D eigenvalue weighted by atomic mass is 16.2. The zero-order valence-corrected chi connectivity index (χ0v) is 16.8. The molecule has 1 aromatic rings. The van der Waals surface area contributed by atoms with Gasteiger partial charge in [-0.15, -0.1) is 0 Å². The van der Waals surface area contributed by atoms with Crippen molar-refractivity contribution >= 4 is 23.2 Å². The normalized spacial score (nSPS) is 18.9. The molecule has 2 aliphatic rings. The van der Waals surface area contributed by atoms with Gasteiger partial charge >= 0.3 is 0 Å². The first-order chi connectivity index (χ1) is 13.0. The van der Waals surface area contributed by atoms with E-state index in [4.69, 9.17) is 0 Å². The molecule has 2 amide bonds. The van der Waals surface area contributed by atoms with Crippen LogP contribution < -0.4 is 10.2 Å². The van der Waals surface area contributed by atoms with Crippen molar-refractivity contribution in [3.8, 4) is 0 Å². The van der Waals surface area contributed by atoms with E-state index in [2.05, 4.69) is 41.2 Å². The van der Waals surface area contributed by atoms with Crippen LogP contribution in [0.15, 0.2) is 24.3 Å². The molecule has 1 heterocycles. The molecular formula is C21H32N4O2. The summed E-state index contributed by atoms with van der Waals surface area (Å²) in [5, 5.41) is 2.96. The van der Waals surface area contributed by atoms with Gasteiger partial charge < -0.3 is 20.0 Å². The van der Waals surface area contributed by atoms with Gasteiger partial charge in [0.1, 0.15) is 5.41 Å². The molecule has 6 nitrogen and oxygen atoms in total. The molecule has 0 unspecified atom stereocenters. The molecule has 3 rings (SSSR count). The molecule has 27 heavy (non-hydrogen) atoms. The summed E-state index contributed by atoms with van der Waals surface area (Å²) in [7, 11) is 3.95. The number of piperazine rings is 1. The van der Waals surface area contributed by atoms with Gasteiger partial charge in [-0.3, -0.25) is 9.59 Å². The summed E-state index contributed by atoms with van der Waals surface area (Å²) in [6.07, 6.45) is 3.30. The maximum Gasteiger partial charge on any atom is 0.240 e. The third kappa shape index (κ3) is 4.43. The molecule has 1 aromatic carbocycles. The lowest BCUT2D eigenvalue weighted by molar-refractivity contribution is -0.141. The number of carbonyl (C=O) groups is 2. The van der Waals surface area contributed by atoms with Crippen LogP contribution in [-0.4, -0.2) is 68.4 Å². The van der Waals surface area contributed by atoms with E-state index in [0.29, 0.717) is 19.4 Å². The third-order valence-corrected chi connectivity index (χ3v) is 5.78.